The van der Waals surface area contributed by atoms with Crippen LogP contribution in [0, 0.1) is 0 Å². The van der Waals surface area contributed by atoms with Crippen LogP contribution in [0.4, 0.5) is 5.69 Å². The van der Waals surface area contributed by atoms with Gasteiger partial charge in [0.1, 0.15) is 6.33 Å². The van der Waals surface area contributed by atoms with E-state index in [1.165, 1.54) is 11.8 Å². The number of nitrogens with zero attached hydrogens (tertiary/aromatic N) is 3. The van der Waals surface area contributed by atoms with Gasteiger partial charge in [0, 0.05) is 11.9 Å². The van der Waals surface area contributed by atoms with Crippen molar-refractivity contribution in [1.29, 1.82) is 0 Å². The minimum atomic E-state index is -0.578. The molecule has 1 N–H and O–H groups in total. The maximum atomic E-state index is 11.4. The molecule has 18 heavy (non-hydrogen) atoms. The number of fused-ring (bicyclic) bond motifs is 1. The molecule has 1 amide bonds. The minimum Gasteiger partial charge on any atom is -0.318 e. The number of carbonyl (C=O) groups excluding carboxylic acids is 2. The van der Waals surface area contributed by atoms with Crippen LogP contribution in [0.3, 0.4) is 0 Å². The van der Waals surface area contributed by atoms with Crippen LogP contribution >= 0.6 is 11.8 Å². The maximum Gasteiger partial charge on any atom is 0.296 e. The van der Waals surface area contributed by atoms with Crippen molar-refractivity contribution in [3.8, 4) is 0 Å². The van der Waals surface area contributed by atoms with Crippen LogP contribution in [0.15, 0.2) is 34.6 Å². The molecular weight excluding hydrogens is 252 g/mol. The van der Waals surface area contributed by atoms with E-state index in [4.69, 9.17) is 0 Å². The largest absolute Gasteiger partial charge is 0.318 e. The second-order valence-electron chi connectivity index (χ2n) is 3.82. The number of carbonyl (C=O) groups is 2. The molecule has 0 fully saturated rings. The number of hydrogen-bond donors (Lipinski definition) is 1. The fourth-order valence-corrected chi connectivity index (χ4v) is 2.46. The molecule has 0 saturated carbocycles. The third kappa shape index (κ3) is 1.68. The van der Waals surface area contributed by atoms with Gasteiger partial charge in [0.15, 0.2) is 5.16 Å². The Kier molecular flexibility index (Phi) is 2.41. The van der Waals surface area contributed by atoms with Crippen molar-refractivity contribution < 1.29 is 9.59 Å². The molecule has 1 aliphatic heterocycles. The predicted octanol–water partition coefficient (Wildman–Crippen LogP) is 1.10. The zero-order valence-electron chi connectivity index (χ0n) is 9.38. The SMILES string of the molecule is Cn1cnnc1Sc1ccc2c(c1)NC(=O)C2=O. The summed E-state index contributed by atoms with van der Waals surface area (Å²) in [6.45, 7) is 0. The lowest BCUT2D eigenvalue weighted by Crippen LogP contribution is -2.12. The van der Waals surface area contributed by atoms with Crippen molar-refractivity contribution in [2.45, 2.75) is 10.1 Å². The number of aryl methyl sites for hydroxylation is 1. The Morgan fingerprint density at radius 3 is 2.89 bits per heavy atom. The Hall–Kier alpha value is -2.15. The Balaban J connectivity index is 1.93. The smallest absolute Gasteiger partial charge is 0.296 e. The Bertz CT molecular complexity index is 665. The Labute approximate surface area is 106 Å². The van der Waals surface area contributed by atoms with Gasteiger partial charge in [-0.3, -0.25) is 9.59 Å². The molecule has 7 heteroatoms. The molecule has 0 unspecified atom stereocenters. The second-order valence-corrected chi connectivity index (χ2v) is 4.86. The predicted molar refractivity (Wildman–Crippen MR) is 64.5 cm³/mol. The molecule has 6 nitrogen and oxygen atoms in total. The maximum absolute atomic E-state index is 11.4. The second kappa shape index (κ2) is 3.95. The highest BCUT2D eigenvalue weighted by molar-refractivity contribution is 7.99. The fraction of sp³-hybridized carbons (Fsp3) is 0.0909. The van der Waals surface area contributed by atoms with E-state index in [-0.39, 0.29) is 0 Å². The molecule has 3 rings (SSSR count). The summed E-state index contributed by atoms with van der Waals surface area (Å²) in [4.78, 5) is 23.5. The first-order valence-electron chi connectivity index (χ1n) is 5.17. The fourth-order valence-electron chi connectivity index (χ4n) is 1.66. The lowest BCUT2D eigenvalue weighted by molar-refractivity contribution is -0.112. The lowest BCUT2D eigenvalue weighted by Gasteiger charge is -2.02. The first-order chi connectivity index (χ1) is 8.65. The van der Waals surface area contributed by atoms with Crippen LogP contribution in [-0.2, 0) is 11.8 Å². The summed E-state index contributed by atoms with van der Waals surface area (Å²) >= 11 is 1.42. The summed E-state index contributed by atoms with van der Waals surface area (Å²) in [5.74, 6) is -1.06. The molecule has 0 aliphatic carbocycles. The zero-order chi connectivity index (χ0) is 12.7. The van der Waals surface area contributed by atoms with Crippen molar-refractivity contribution in [3.05, 3.63) is 30.1 Å². The highest BCUT2D eigenvalue weighted by Gasteiger charge is 2.27. The number of aromatic nitrogens is 3. The van der Waals surface area contributed by atoms with E-state index in [2.05, 4.69) is 15.5 Å². The van der Waals surface area contributed by atoms with Crippen LogP contribution in [-0.4, -0.2) is 26.5 Å². The lowest BCUT2D eigenvalue weighted by atomic mass is 10.1. The molecule has 1 aromatic carbocycles. The number of nitrogens with one attached hydrogen (secondary N) is 1. The van der Waals surface area contributed by atoms with Gasteiger partial charge in [0.25, 0.3) is 11.7 Å². The van der Waals surface area contributed by atoms with Gasteiger partial charge in [-0.1, -0.05) is 0 Å². The molecule has 2 heterocycles. The topological polar surface area (TPSA) is 76.9 Å². The van der Waals surface area contributed by atoms with E-state index < -0.39 is 11.7 Å². The van der Waals surface area contributed by atoms with E-state index in [0.29, 0.717) is 11.3 Å². The van der Waals surface area contributed by atoms with Gasteiger partial charge in [-0.05, 0) is 30.0 Å². The van der Waals surface area contributed by atoms with E-state index in [1.54, 1.807) is 29.1 Å². The van der Waals surface area contributed by atoms with E-state index in [1.807, 2.05) is 7.05 Å². The normalized spacial score (nSPS) is 13.6. The molecule has 90 valence electrons. The molecule has 0 spiro atoms. The molecule has 0 bridgehead atoms. The van der Waals surface area contributed by atoms with Crippen LogP contribution in [0.25, 0.3) is 0 Å². The zero-order valence-corrected chi connectivity index (χ0v) is 10.2. The number of amides is 1. The highest BCUT2D eigenvalue weighted by Crippen LogP contribution is 2.31. The van der Waals surface area contributed by atoms with Crippen molar-refractivity contribution in [2.75, 3.05) is 5.32 Å². The third-order valence-electron chi connectivity index (χ3n) is 2.57. The number of Topliss-reactive ketones (excluding diaryl/α,β-unsaturated/α-hetero) is 1. The standard InChI is InChI=1S/C11H8N4O2S/c1-15-5-12-14-11(15)18-6-2-3-7-8(4-6)13-10(17)9(7)16/h2-5H,1H3,(H,13,16,17). The van der Waals surface area contributed by atoms with Crippen molar-refractivity contribution in [1.82, 2.24) is 14.8 Å². The first kappa shape index (κ1) is 11.0. The minimum absolute atomic E-state index is 0.419. The van der Waals surface area contributed by atoms with E-state index in [9.17, 15) is 9.59 Å². The van der Waals surface area contributed by atoms with Crippen molar-refractivity contribution >= 4 is 29.1 Å². The van der Waals surface area contributed by atoms with E-state index >= 15 is 0 Å². The Morgan fingerprint density at radius 1 is 1.33 bits per heavy atom. The summed E-state index contributed by atoms with van der Waals surface area (Å²) in [6.07, 6.45) is 1.61. The number of anilines is 1. The van der Waals surface area contributed by atoms with Crippen molar-refractivity contribution in [2.24, 2.45) is 7.05 Å². The van der Waals surface area contributed by atoms with Gasteiger partial charge < -0.3 is 9.88 Å². The number of hydrogen-bond acceptors (Lipinski definition) is 5. The quantitative estimate of drug-likeness (QED) is 0.818. The van der Waals surface area contributed by atoms with Gasteiger partial charge in [-0.2, -0.15) is 0 Å². The first-order valence-corrected chi connectivity index (χ1v) is 5.98. The summed E-state index contributed by atoms with van der Waals surface area (Å²) in [5, 5.41) is 11.0. The molecule has 1 aromatic heterocycles. The average Bonchev–Trinajstić information content (AvgIpc) is 2.86. The van der Waals surface area contributed by atoms with Gasteiger partial charge in [-0.25, -0.2) is 0 Å². The molecule has 1 aliphatic rings. The summed E-state index contributed by atoms with van der Waals surface area (Å²) < 4.78 is 1.79. The molecular formula is C11H8N4O2S. The molecule has 0 atom stereocenters. The highest BCUT2D eigenvalue weighted by atomic mass is 32.2. The van der Waals surface area contributed by atoms with Crippen LogP contribution < -0.4 is 5.32 Å². The molecule has 0 saturated heterocycles. The number of ketones is 1. The van der Waals surface area contributed by atoms with Gasteiger partial charge >= 0.3 is 0 Å². The summed E-state index contributed by atoms with van der Waals surface area (Å²) in [7, 11) is 1.85. The number of benzene rings is 1. The summed E-state index contributed by atoms with van der Waals surface area (Å²) in [6, 6.07) is 5.20. The Morgan fingerprint density at radius 2 is 2.17 bits per heavy atom. The third-order valence-corrected chi connectivity index (χ3v) is 3.61. The van der Waals surface area contributed by atoms with Crippen LogP contribution in [0.1, 0.15) is 10.4 Å². The molecule has 2 aromatic rings. The van der Waals surface area contributed by atoms with Gasteiger partial charge in [0.05, 0.1) is 11.3 Å². The van der Waals surface area contributed by atoms with Crippen LogP contribution in [0.2, 0.25) is 0 Å². The van der Waals surface area contributed by atoms with Gasteiger partial charge in [0.2, 0.25) is 0 Å². The number of rotatable bonds is 2. The molecule has 0 radical (unpaired) electrons. The van der Waals surface area contributed by atoms with Crippen molar-refractivity contribution in [3.63, 3.8) is 0 Å². The van der Waals surface area contributed by atoms with Crippen LogP contribution in [0.5, 0.6) is 0 Å². The monoisotopic (exact) mass is 260 g/mol. The average molecular weight is 260 g/mol. The van der Waals surface area contributed by atoms with Gasteiger partial charge in [-0.15, -0.1) is 10.2 Å². The van der Waals surface area contributed by atoms with E-state index in [0.717, 1.165) is 10.1 Å². The summed E-state index contributed by atoms with van der Waals surface area (Å²) in [5.41, 5.74) is 0.972.